The van der Waals surface area contributed by atoms with E-state index in [9.17, 15) is 0 Å². The third-order valence-electron chi connectivity index (χ3n) is 1.57. The van der Waals surface area contributed by atoms with Gasteiger partial charge < -0.3 is 5.21 Å². The van der Waals surface area contributed by atoms with Gasteiger partial charge in [-0.25, -0.2) is 5.32 Å². The summed E-state index contributed by atoms with van der Waals surface area (Å²) >= 11 is 0. The molecule has 4 heteroatoms. The molecule has 2 unspecified atom stereocenters. The van der Waals surface area contributed by atoms with E-state index in [1.165, 1.54) is 6.21 Å². The third kappa shape index (κ3) is 2.56. The Kier molecular flexibility index (Phi) is 2.87. The lowest BCUT2D eigenvalue weighted by Crippen LogP contribution is -2.27. The molecule has 0 aliphatic carbocycles. The maximum Gasteiger partial charge on any atom is 0.365 e. The average Bonchev–Trinajstić information content (AvgIpc) is 2.17. The summed E-state index contributed by atoms with van der Waals surface area (Å²) < 4.78 is 0. The van der Waals surface area contributed by atoms with Crippen LogP contribution in [0.2, 0.25) is 0 Å². The highest BCUT2D eigenvalue weighted by Gasteiger charge is 2.18. The van der Waals surface area contributed by atoms with Crippen molar-refractivity contribution < 1.29 is 5.21 Å². The molecule has 2 N–H and O–H groups in total. The lowest BCUT2D eigenvalue weighted by atomic mass is 10.1. The maximum absolute atomic E-state index is 8.22. The van der Waals surface area contributed by atoms with Gasteiger partial charge in [0.2, 0.25) is 0 Å². The lowest BCUT2D eigenvalue weighted by Gasteiger charge is -1.96. The van der Waals surface area contributed by atoms with Gasteiger partial charge in [0, 0.05) is 6.54 Å². The molecule has 0 aromatic heterocycles. The molecular formula is C7H12N3O+. The number of rotatable bonds is 1. The standard InChI is InChI=1S/C7H11N3O/c1-6-2-3-8-7(5-10-11)9-4-6/h5-8H,2-3H2,1H3/p+1. The molecule has 4 nitrogen and oxygen atoms in total. The molecule has 1 aliphatic rings. The van der Waals surface area contributed by atoms with Crippen molar-refractivity contribution in [1.29, 1.82) is 0 Å². The van der Waals surface area contributed by atoms with Gasteiger partial charge in [-0.15, -0.1) is 0 Å². The zero-order valence-electron chi connectivity index (χ0n) is 6.49. The van der Waals surface area contributed by atoms with E-state index in [4.69, 9.17) is 5.21 Å². The van der Waals surface area contributed by atoms with E-state index in [1.54, 1.807) is 0 Å². The largest absolute Gasteiger partial charge is 0.411 e. The van der Waals surface area contributed by atoms with E-state index in [1.807, 2.05) is 0 Å². The van der Waals surface area contributed by atoms with Gasteiger partial charge in [-0.3, -0.25) is 0 Å². The molecule has 1 heterocycles. The van der Waals surface area contributed by atoms with Crippen LogP contribution >= 0.6 is 0 Å². The minimum Gasteiger partial charge on any atom is -0.411 e. The van der Waals surface area contributed by atoms with Crippen LogP contribution in [0, 0.1) is 12.0 Å². The topological polar surface area (TPSA) is 49.0 Å². The van der Waals surface area contributed by atoms with Crippen molar-refractivity contribution >= 4 is 6.21 Å². The van der Waals surface area contributed by atoms with Gasteiger partial charge in [-0.05, 0) is 13.3 Å². The molecule has 2 atom stereocenters. The smallest absolute Gasteiger partial charge is 0.365 e. The Balaban J connectivity index is 2.54. The van der Waals surface area contributed by atoms with Crippen LogP contribution in [-0.2, 0) is 0 Å². The molecule has 0 aromatic carbocycles. The molecule has 0 spiro atoms. The number of hydrogen-bond donors (Lipinski definition) is 2. The van der Waals surface area contributed by atoms with Gasteiger partial charge in [-0.2, -0.15) is 0 Å². The summed E-state index contributed by atoms with van der Waals surface area (Å²) in [7, 11) is 0. The number of nitrogens with zero attached hydrogens (tertiary/aromatic N) is 2. The van der Waals surface area contributed by atoms with Crippen LogP contribution in [0.3, 0.4) is 0 Å². The highest BCUT2D eigenvalue weighted by atomic mass is 16.4. The maximum atomic E-state index is 8.22. The van der Waals surface area contributed by atoms with Crippen molar-refractivity contribution in [2.75, 3.05) is 6.54 Å². The predicted octanol–water partition coefficient (Wildman–Crippen LogP) is 0.735. The second-order valence-corrected chi connectivity index (χ2v) is 2.61. The SMILES string of the molecule is CC1C#[N+]C(C=NO)NCC1. The molecule has 0 bridgehead atoms. The zero-order chi connectivity index (χ0) is 8.10. The Morgan fingerprint density at radius 1 is 1.82 bits per heavy atom. The quantitative estimate of drug-likeness (QED) is 0.332. The lowest BCUT2D eigenvalue weighted by molar-refractivity contribution is 0.319. The van der Waals surface area contributed by atoms with Crippen LogP contribution < -0.4 is 5.32 Å². The monoisotopic (exact) mass is 154 g/mol. The van der Waals surface area contributed by atoms with Crippen molar-refractivity contribution in [3.8, 4) is 6.07 Å². The van der Waals surface area contributed by atoms with Gasteiger partial charge in [0.1, 0.15) is 6.21 Å². The van der Waals surface area contributed by atoms with Crippen LogP contribution in [0.5, 0.6) is 0 Å². The van der Waals surface area contributed by atoms with Crippen LogP contribution in [0.4, 0.5) is 0 Å². The highest BCUT2D eigenvalue weighted by Crippen LogP contribution is 2.02. The molecule has 0 amide bonds. The first-order valence-corrected chi connectivity index (χ1v) is 3.69. The van der Waals surface area contributed by atoms with Gasteiger partial charge in [0.05, 0.1) is 5.92 Å². The molecule has 0 saturated carbocycles. The van der Waals surface area contributed by atoms with Crippen molar-refractivity contribution in [1.82, 2.24) is 5.32 Å². The molecular weight excluding hydrogens is 142 g/mol. The average molecular weight is 154 g/mol. The fourth-order valence-corrected chi connectivity index (χ4v) is 0.915. The first-order valence-electron chi connectivity index (χ1n) is 3.69. The summed E-state index contributed by atoms with van der Waals surface area (Å²) in [4.78, 5) is 4.02. The molecule has 1 aliphatic heterocycles. The Labute approximate surface area is 65.7 Å². The van der Waals surface area contributed by atoms with E-state index in [0.29, 0.717) is 5.92 Å². The third-order valence-corrected chi connectivity index (χ3v) is 1.57. The van der Waals surface area contributed by atoms with Gasteiger partial charge in [0.15, 0.2) is 0 Å². The Morgan fingerprint density at radius 3 is 3.36 bits per heavy atom. The normalized spacial score (nSPS) is 31.0. The fraction of sp³-hybridized carbons (Fsp3) is 0.714. The van der Waals surface area contributed by atoms with Gasteiger partial charge in [0.25, 0.3) is 6.07 Å². The van der Waals surface area contributed by atoms with Gasteiger partial charge >= 0.3 is 6.17 Å². The molecule has 0 aromatic rings. The van der Waals surface area contributed by atoms with E-state index in [-0.39, 0.29) is 6.17 Å². The number of nitrogens with one attached hydrogen (secondary N) is 1. The van der Waals surface area contributed by atoms with Crippen molar-refractivity contribution in [2.45, 2.75) is 19.5 Å². The van der Waals surface area contributed by atoms with Crippen molar-refractivity contribution in [3.63, 3.8) is 0 Å². The molecule has 0 saturated heterocycles. The minimum absolute atomic E-state index is 0.204. The fourth-order valence-electron chi connectivity index (χ4n) is 0.915. The Bertz CT molecular complexity index is 203. The molecule has 11 heavy (non-hydrogen) atoms. The van der Waals surface area contributed by atoms with Crippen LogP contribution in [0.25, 0.3) is 4.85 Å². The van der Waals surface area contributed by atoms with Gasteiger partial charge in [-0.1, -0.05) is 10.0 Å². The number of oxime groups is 1. The Hall–Kier alpha value is -1.08. The van der Waals surface area contributed by atoms with E-state index in [0.717, 1.165) is 13.0 Å². The second kappa shape index (κ2) is 3.94. The molecule has 0 radical (unpaired) electrons. The van der Waals surface area contributed by atoms with Crippen molar-refractivity contribution in [3.05, 3.63) is 4.85 Å². The summed E-state index contributed by atoms with van der Waals surface area (Å²) in [5.41, 5.74) is 0. The number of hydrogen-bond acceptors (Lipinski definition) is 3. The zero-order valence-corrected chi connectivity index (χ0v) is 6.49. The first-order chi connectivity index (χ1) is 5.33. The van der Waals surface area contributed by atoms with Crippen molar-refractivity contribution in [2.24, 2.45) is 11.1 Å². The first kappa shape index (κ1) is 8.02. The van der Waals surface area contributed by atoms with Crippen LogP contribution in [0.1, 0.15) is 13.3 Å². The second-order valence-electron chi connectivity index (χ2n) is 2.61. The van der Waals surface area contributed by atoms with E-state index < -0.39 is 0 Å². The summed E-state index contributed by atoms with van der Waals surface area (Å²) in [6.07, 6.45) is 2.18. The molecule has 60 valence electrons. The summed E-state index contributed by atoms with van der Waals surface area (Å²) in [6, 6.07) is 2.94. The summed E-state index contributed by atoms with van der Waals surface area (Å²) in [6.45, 7) is 2.94. The highest BCUT2D eigenvalue weighted by molar-refractivity contribution is 5.65. The van der Waals surface area contributed by atoms with E-state index >= 15 is 0 Å². The Morgan fingerprint density at radius 2 is 2.64 bits per heavy atom. The van der Waals surface area contributed by atoms with Crippen LogP contribution in [0.15, 0.2) is 5.16 Å². The summed E-state index contributed by atoms with van der Waals surface area (Å²) in [5.74, 6) is 0.389. The molecule has 0 fully saturated rings. The van der Waals surface area contributed by atoms with Crippen LogP contribution in [-0.4, -0.2) is 24.1 Å². The van der Waals surface area contributed by atoms with E-state index in [2.05, 4.69) is 28.3 Å². The molecule has 1 rings (SSSR count). The minimum atomic E-state index is -0.204. The summed E-state index contributed by atoms with van der Waals surface area (Å²) in [5, 5.41) is 14.2. The predicted molar refractivity (Wildman–Crippen MR) is 43.1 cm³/mol.